The summed E-state index contributed by atoms with van der Waals surface area (Å²) in [4.78, 5) is 0. The Hall–Kier alpha value is -1.91. The van der Waals surface area contributed by atoms with Crippen molar-refractivity contribution >= 4 is 5.71 Å². The highest BCUT2D eigenvalue weighted by atomic mass is 16.5. The third kappa shape index (κ3) is 1.96. The van der Waals surface area contributed by atoms with E-state index >= 15 is 0 Å². The van der Waals surface area contributed by atoms with E-state index in [9.17, 15) is 0 Å². The molecule has 0 amide bonds. The van der Waals surface area contributed by atoms with Gasteiger partial charge >= 0.3 is 0 Å². The first kappa shape index (κ1) is 12.5. The largest absolute Gasteiger partial charge is 0.496 e. The summed E-state index contributed by atoms with van der Waals surface area (Å²) in [6.45, 7) is 0. The first-order chi connectivity index (χ1) is 8.74. The molecule has 1 aliphatic rings. The fraction of sp³-hybridized carbons (Fsp3) is 0.462. The number of methoxy groups -OCH3 is 3. The number of rotatable bonds is 4. The molecule has 1 fully saturated rings. The maximum atomic E-state index is 8.90. The molecule has 5 heteroatoms. The molecule has 0 saturated heterocycles. The third-order valence-electron chi connectivity index (χ3n) is 3.33. The summed E-state index contributed by atoms with van der Waals surface area (Å²) in [5.41, 5.74) is 1.75. The van der Waals surface area contributed by atoms with Crippen molar-refractivity contribution in [3.8, 4) is 17.2 Å². The molecule has 0 radical (unpaired) electrons. The molecule has 0 unspecified atom stereocenters. The molecule has 5 nitrogen and oxygen atoms in total. The molecule has 0 spiro atoms. The molecule has 0 aromatic heterocycles. The normalized spacial score (nSPS) is 20.4. The first-order valence-electron chi connectivity index (χ1n) is 5.75. The number of benzene rings is 1. The van der Waals surface area contributed by atoms with Gasteiger partial charge in [-0.3, -0.25) is 0 Å². The van der Waals surface area contributed by atoms with Gasteiger partial charge in [-0.15, -0.1) is 0 Å². The van der Waals surface area contributed by atoms with Gasteiger partial charge < -0.3 is 19.4 Å². The van der Waals surface area contributed by atoms with Gasteiger partial charge in [0.05, 0.1) is 27.0 Å². The van der Waals surface area contributed by atoms with E-state index < -0.39 is 0 Å². The van der Waals surface area contributed by atoms with Crippen molar-refractivity contribution in [1.82, 2.24) is 0 Å². The molecule has 0 aliphatic heterocycles. The Kier molecular flexibility index (Phi) is 3.60. The second-order valence-corrected chi connectivity index (χ2v) is 4.13. The van der Waals surface area contributed by atoms with Crippen LogP contribution in [0.1, 0.15) is 24.3 Å². The van der Waals surface area contributed by atoms with Crippen molar-refractivity contribution in [2.75, 3.05) is 21.3 Å². The van der Waals surface area contributed by atoms with Gasteiger partial charge in [-0.1, -0.05) is 5.16 Å². The number of ether oxygens (including phenoxy) is 3. The topological polar surface area (TPSA) is 60.3 Å². The zero-order chi connectivity index (χ0) is 13.1. The summed E-state index contributed by atoms with van der Waals surface area (Å²) in [7, 11) is 4.79. The highest BCUT2D eigenvalue weighted by Gasteiger charge is 2.31. The van der Waals surface area contributed by atoms with Crippen LogP contribution in [-0.4, -0.2) is 32.2 Å². The Bertz CT molecular complexity index is 470. The van der Waals surface area contributed by atoms with Crippen molar-refractivity contribution in [3.63, 3.8) is 0 Å². The van der Waals surface area contributed by atoms with Crippen LogP contribution in [0.25, 0.3) is 0 Å². The van der Waals surface area contributed by atoms with Crippen molar-refractivity contribution in [2.24, 2.45) is 5.16 Å². The number of hydrogen-bond acceptors (Lipinski definition) is 5. The standard InChI is InChI=1S/C13H17NO4/c1-16-11-7-13(18-3)12(17-2)6-9(11)8-4-5-10(8)14-15/h6-8,15H,4-5H2,1-3H3/t8-/m1/s1. The Morgan fingerprint density at radius 1 is 1.06 bits per heavy atom. The van der Waals surface area contributed by atoms with Crippen molar-refractivity contribution in [2.45, 2.75) is 18.8 Å². The van der Waals surface area contributed by atoms with Gasteiger partial charge in [-0.25, -0.2) is 0 Å². The highest BCUT2D eigenvalue weighted by molar-refractivity contribution is 5.96. The van der Waals surface area contributed by atoms with E-state index in [0.717, 1.165) is 29.9 Å². The fourth-order valence-electron chi connectivity index (χ4n) is 2.20. The molecule has 0 heterocycles. The van der Waals surface area contributed by atoms with E-state index in [1.54, 1.807) is 27.4 Å². The van der Waals surface area contributed by atoms with Gasteiger partial charge in [0.25, 0.3) is 0 Å². The summed E-state index contributed by atoms with van der Waals surface area (Å²) in [5, 5.41) is 12.2. The van der Waals surface area contributed by atoms with Crippen LogP contribution in [-0.2, 0) is 0 Å². The number of oxime groups is 1. The lowest BCUT2D eigenvalue weighted by atomic mass is 9.77. The van der Waals surface area contributed by atoms with Crippen LogP contribution in [0.5, 0.6) is 17.2 Å². The number of nitrogens with zero attached hydrogens (tertiary/aromatic N) is 1. The minimum atomic E-state index is 0.102. The lowest BCUT2D eigenvalue weighted by Crippen LogP contribution is -2.24. The summed E-state index contributed by atoms with van der Waals surface area (Å²) < 4.78 is 15.9. The SMILES string of the molecule is COc1cc(OC)c([C@H]2CCC2=NO)cc1OC. The molecule has 1 atom stereocenters. The Morgan fingerprint density at radius 2 is 1.67 bits per heavy atom. The molecule has 1 aromatic carbocycles. The molecule has 18 heavy (non-hydrogen) atoms. The van der Waals surface area contributed by atoms with E-state index in [-0.39, 0.29) is 5.92 Å². The van der Waals surface area contributed by atoms with Crippen LogP contribution >= 0.6 is 0 Å². The average molecular weight is 251 g/mol. The molecular weight excluding hydrogens is 234 g/mol. The molecule has 1 aromatic rings. The lowest BCUT2D eigenvalue weighted by Gasteiger charge is -2.29. The van der Waals surface area contributed by atoms with Crippen LogP contribution in [0, 0.1) is 0 Å². The van der Waals surface area contributed by atoms with E-state index in [2.05, 4.69) is 5.16 Å². The van der Waals surface area contributed by atoms with Gasteiger partial charge in [0, 0.05) is 17.5 Å². The fourth-order valence-corrected chi connectivity index (χ4v) is 2.20. The zero-order valence-corrected chi connectivity index (χ0v) is 10.8. The minimum absolute atomic E-state index is 0.102. The van der Waals surface area contributed by atoms with Gasteiger partial charge in [-0.2, -0.15) is 0 Å². The minimum Gasteiger partial charge on any atom is -0.496 e. The molecule has 98 valence electrons. The average Bonchev–Trinajstić information content (AvgIpc) is 2.37. The monoisotopic (exact) mass is 251 g/mol. The van der Waals surface area contributed by atoms with Gasteiger partial charge in [0.1, 0.15) is 5.75 Å². The smallest absolute Gasteiger partial charge is 0.164 e. The maximum Gasteiger partial charge on any atom is 0.164 e. The summed E-state index contributed by atoms with van der Waals surface area (Å²) in [5.74, 6) is 2.10. The summed E-state index contributed by atoms with van der Waals surface area (Å²) in [6.07, 6.45) is 1.77. The molecule has 0 bridgehead atoms. The molecule has 1 saturated carbocycles. The van der Waals surface area contributed by atoms with Crippen LogP contribution in [0.4, 0.5) is 0 Å². The maximum absolute atomic E-state index is 8.90. The zero-order valence-electron chi connectivity index (χ0n) is 10.8. The van der Waals surface area contributed by atoms with Crippen LogP contribution in [0.2, 0.25) is 0 Å². The molecule has 2 rings (SSSR count). The van der Waals surface area contributed by atoms with Gasteiger partial charge in [0.15, 0.2) is 11.5 Å². The predicted octanol–water partition coefficient (Wildman–Crippen LogP) is 2.42. The quantitative estimate of drug-likeness (QED) is 0.659. The Morgan fingerprint density at radius 3 is 2.11 bits per heavy atom. The van der Waals surface area contributed by atoms with Gasteiger partial charge in [0.2, 0.25) is 0 Å². The molecule has 1 aliphatic carbocycles. The number of hydrogen-bond donors (Lipinski definition) is 1. The van der Waals surface area contributed by atoms with Crippen molar-refractivity contribution < 1.29 is 19.4 Å². The van der Waals surface area contributed by atoms with Crippen molar-refractivity contribution in [1.29, 1.82) is 0 Å². The van der Waals surface area contributed by atoms with E-state index in [1.165, 1.54) is 0 Å². The molecular formula is C13H17NO4. The second-order valence-electron chi connectivity index (χ2n) is 4.13. The second kappa shape index (κ2) is 5.16. The van der Waals surface area contributed by atoms with E-state index in [4.69, 9.17) is 19.4 Å². The Labute approximate surface area is 106 Å². The third-order valence-corrected chi connectivity index (χ3v) is 3.33. The van der Waals surface area contributed by atoms with Crippen LogP contribution in [0.15, 0.2) is 17.3 Å². The van der Waals surface area contributed by atoms with E-state index in [0.29, 0.717) is 11.5 Å². The van der Waals surface area contributed by atoms with E-state index in [1.807, 2.05) is 6.07 Å². The lowest BCUT2D eigenvalue weighted by molar-refractivity contribution is 0.309. The molecule has 1 N–H and O–H groups in total. The predicted molar refractivity (Wildman–Crippen MR) is 67.3 cm³/mol. The Balaban J connectivity index is 2.45. The van der Waals surface area contributed by atoms with Crippen LogP contribution in [0.3, 0.4) is 0 Å². The van der Waals surface area contributed by atoms with Crippen molar-refractivity contribution in [3.05, 3.63) is 17.7 Å². The summed E-state index contributed by atoms with van der Waals surface area (Å²) in [6, 6.07) is 3.67. The first-order valence-corrected chi connectivity index (χ1v) is 5.75. The van der Waals surface area contributed by atoms with Gasteiger partial charge in [-0.05, 0) is 18.9 Å². The van der Waals surface area contributed by atoms with Crippen LogP contribution < -0.4 is 14.2 Å². The summed E-state index contributed by atoms with van der Waals surface area (Å²) >= 11 is 0. The highest BCUT2D eigenvalue weighted by Crippen LogP contribution is 2.43.